The van der Waals surface area contributed by atoms with E-state index in [4.69, 9.17) is 15.2 Å². The molecule has 100 valence electrons. The monoisotopic (exact) mass is 249 g/mol. The Bertz CT molecular complexity index is 430. The molecule has 1 aliphatic heterocycles. The Labute approximate surface area is 109 Å². The molecule has 1 unspecified atom stereocenters. The average Bonchev–Trinajstić information content (AvgIpc) is 2.27. The van der Waals surface area contributed by atoms with E-state index in [0.717, 1.165) is 24.2 Å². The fourth-order valence-corrected chi connectivity index (χ4v) is 2.84. The second-order valence-corrected chi connectivity index (χ2v) is 6.04. The highest BCUT2D eigenvalue weighted by atomic mass is 16.5. The van der Waals surface area contributed by atoms with Crippen LogP contribution in [0.3, 0.4) is 0 Å². The molecule has 1 heterocycles. The fraction of sp³-hybridized carbons (Fsp3) is 0.600. The van der Waals surface area contributed by atoms with Gasteiger partial charge >= 0.3 is 0 Å². The van der Waals surface area contributed by atoms with Crippen LogP contribution in [0.4, 0.5) is 0 Å². The molecule has 0 spiro atoms. The van der Waals surface area contributed by atoms with Gasteiger partial charge in [-0.25, -0.2) is 0 Å². The van der Waals surface area contributed by atoms with Crippen molar-refractivity contribution < 1.29 is 9.47 Å². The Morgan fingerprint density at radius 3 is 2.78 bits per heavy atom. The van der Waals surface area contributed by atoms with Crippen molar-refractivity contribution in [3.63, 3.8) is 0 Å². The van der Waals surface area contributed by atoms with Crippen molar-refractivity contribution in [2.24, 2.45) is 5.73 Å². The van der Waals surface area contributed by atoms with E-state index in [1.54, 1.807) is 7.11 Å². The van der Waals surface area contributed by atoms with Gasteiger partial charge < -0.3 is 15.2 Å². The molecular weight excluding hydrogens is 226 g/mol. The molecule has 0 aliphatic carbocycles. The number of fused-ring (bicyclic) bond motifs is 1. The van der Waals surface area contributed by atoms with E-state index in [-0.39, 0.29) is 17.2 Å². The van der Waals surface area contributed by atoms with Crippen molar-refractivity contribution in [2.45, 2.75) is 50.9 Å². The summed E-state index contributed by atoms with van der Waals surface area (Å²) >= 11 is 0. The van der Waals surface area contributed by atoms with Crippen molar-refractivity contribution >= 4 is 0 Å². The Morgan fingerprint density at radius 1 is 1.44 bits per heavy atom. The van der Waals surface area contributed by atoms with Crippen LogP contribution in [0, 0.1) is 0 Å². The van der Waals surface area contributed by atoms with Gasteiger partial charge in [0, 0.05) is 31.6 Å². The summed E-state index contributed by atoms with van der Waals surface area (Å²) in [4.78, 5) is 0. The Kier molecular flexibility index (Phi) is 3.39. The quantitative estimate of drug-likeness (QED) is 0.895. The van der Waals surface area contributed by atoms with Crippen LogP contribution in [0.5, 0.6) is 5.75 Å². The number of hydrogen-bond donors (Lipinski definition) is 1. The molecule has 2 atom stereocenters. The molecule has 0 saturated carbocycles. The van der Waals surface area contributed by atoms with Gasteiger partial charge in [-0.05, 0) is 26.8 Å². The third-order valence-corrected chi connectivity index (χ3v) is 3.68. The number of para-hydroxylation sites is 1. The summed E-state index contributed by atoms with van der Waals surface area (Å²) in [5, 5.41) is 0. The maximum absolute atomic E-state index is 6.26. The van der Waals surface area contributed by atoms with E-state index in [1.165, 1.54) is 0 Å². The molecule has 0 fully saturated rings. The highest BCUT2D eigenvalue weighted by Crippen LogP contribution is 2.41. The summed E-state index contributed by atoms with van der Waals surface area (Å²) in [6.45, 7) is 6.27. The van der Waals surface area contributed by atoms with Crippen LogP contribution < -0.4 is 10.5 Å². The minimum atomic E-state index is -0.271. The summed E-state index contributed by atoms with van der Waals surface area (Å²) in [6.07, 6.45) is 1.63. The zero-order chi connectivity index (χ0) is 13.4. The van der Waals surface area contributed by atoms with Crippen molar-refractivity contribution in [3.8, 4) is 5.75 Å². The van der Waals surface area contributed by atoms with Crippen LogP contribution in [0.2, 0.25) is 0 Å². The molecule has 0 radical (unpaired) electrons. The zero-order valence-corrected chi connectivity index (χ0v) is 11.7. The number of rotatable bonds is 3. The van der Waals surface area contributed by atoms with E-state index in [2.05, 4.69) is 20.8 Å². The molecule has 1 aliphatic rings. The largest absolute Gasteiger partial charge is 0.487 e. The van der Waals surface area contributed by atoms with Gasteiger partial charge in [0.15, 0.2) is 0 Å². The molecule has 18 heavy (non-hydrogen) atoms. The summed E-state index contributed by atoms with van der Waals surface area (Å²) in [5.74, 6) is 0.908. The Morgan fingerprint density at radius 2 is 2.11 bits per heavy atom. The highest BCUT2D eigenvalue weighted by Gasteiger charge is 2.40. The lowest BCUT2D eigenvalue weighted by molar-refractivity contribution is -0.0580. The summed E-state index contributed by atoms with van der Waals surface area (Å²) in [6, 6.07) is 8.06. The van der Waals surface area contributed by atoms with Gasteiger partial charge in [0.1, 0.15) is 11.4 Å². The first kappa shape index (κ1) is 13.4. The van der Waals surface area contributed by atoms with Crippen molar-refractivity contribution in [1.82, 2.24) is 0 Å². The normalized spacial score (nSPS) is 27.5. The predicted molar refractivity (Wildman–Crippen MR) is 72.7 cm³/mol. The SMILES string of the molecule is COC(C)(C)CC1(C)C[C@@H](N)c2ccccc2O1. The van der Waals surface area contributed by atoms with Crippen molar-refractivity contribution in [1.29, 1.82) is 0 Å². The average molecular weight is 249 g/mol. The number of ether oxygens (including phenoxy) is 2. The van der Waals surface area contributed by atoms with Crippen LogP contribution >= 0.6 is 0 Å². The van der Waals surface area contributed by atoms with E-state index in [1.807, 2.05) is 24.3 Å². The van der Waals surface area contributed by atoms with E-state index >= 15 is 0 Å². The van der Waals surface area contributed by atoms with Crippen LogP contribution in [0.15, 0.2) is 24.3 Å². The lowest BCUT2D eigenvalue weighted by Gasteiger charge is -2.42. The molecule has 0 amide bonds. The second kappa shape index (κ2) is 4.56. The fourth-order valence-electron chi connectivity index (χ4n) is 2.84. The maximum atomic E-state index is 6.26. The molecule has 0 saturated heterocycles. The topological polar surface area (TPSA) is 44.5 Å². The Balaban J connectivity index is 2.24. The Hall–Kier alpha value is -1.06. The molecule has 0 aromatic heterocycles. The third-order valence-electron chi connectivity index (χ3n) is 3.68. The molecule has 1 aromatic rings. The molecule has 3 heteroatoms. The summed E-state index contributed by atoms with van der Waals surface area (Å²) in [7, 11) is 1.74. The highest BCUT2D eigenvalue weighted by molar-refractivity contribution is 5.38. The lowest BCUT2D eigenvalue weighted by Crippen LogP contribution is -2.45. The van der Waals surface area contributed by atoms with Gasteiger partial charge in [-0.3, -0.25) is 0 Å². The standard InChI is InChI=1S/C15H23NO2/c1-14(2,17-4)10-15(3)9-12(16)11-7-5-6-8-13(11)18-15/h5-8,12H,9-10,16H2,1-4H3/t12-,15?/m1/s1. The first-order valence-electron chi connectivity index (χ1n) is 6.44. The molecule has 3 nitrogen and oxygen atoms in total. The predicted octanol–water partition coefficient (Wildman–Crippen LogP) is 3.04. The van der Waals surface area contributed by atoms with Crippen molar-refractivity contribution in [3.05, 3.63) is 29.8 Å². The molecule has 0 bridgehead atoms. The van der Waals surface area contributed by atoms with Gasteiger partial charge in [0.2, 0.25) is 0 Å². The molecule has 2 N–H and O–H groups in total. The van der Waals surface area contributed by atoms with Gasteiger partial charge in [-0.2, -0.15) is 0 Å². The van der Waals surface area contributed by atoms with Crippen molar-refractivity contribution in [2.75, 3.05) is 7.11 Å². The van der Waals surface area contributed by atoms with Crippen LogP contribution in [-0.4, -0.2) is 18.3 Å². The molecule has 2 rings (SSSR count). The lowest BCUT2D eigenvalue weighted by atomic mass is 9.82. The number of methoxy groups -OCH3 is 1. The number of nitrogens with two attached hydrogens (primary N) is 1. The van der Waals surface area contributed by atoms with Gasteiger partial charge in [0.25, 0.3) is 0 Å². The second-order valence-electron chi connectivity index (χ2n) is 6.04. The van der Waals surface area contributed by atoms with Crippen LogP contribution in [0.25, 0.3) is 0 Å². The molecular formula is C15H23NO2. The third kappa shape index (κ3) is 2.68. The van der Waals surface area contributed by atoms with Gasteiger partial charge in [-0.15, -0.1) is 0 Å². The van der Waals surface area contributed by atoms with E-state index in [9.17, 15) is 0 Å². The van der Waals surface area contributed by atoms with Gasteiger partial charge in [-0.1, -0.05) is 18.2 Å². The smallest absolute Gasteiger partial charge is 0.124 e. The van der Waals surface area contributed by atoms with E-state index in [0.29, 0.717) is 0 Å². The van der Waals surface area contributed by atoms with Crippen LogP contribution in [-0.2, 0) is 4.74 Å². The zero-order valence-electron chi connectivity index (χ0n) is 11.7. The minimum absolute atomic E-state index is 0.0348. The maximum Gasteiger partial charge on any atom is 0.124 e. The van der Waals surface area contributed by atoms with E-state index < -0.39 is 0 Å². The first-order valence-corrected chi connectivity index (χ1v) is 6.44. The van der Waals surface area contributed by atoms with Crippen LogP contribution in [0.1, 0.15) is 45.2 Å². The number of benzene rings is 1. The molecule has 1 aromatic carbocycles. The summed E-state index contributed by atoms with van der Waals surface area (Å²) < 4.78 is 11.7. The van der Waals surface area contributed by atoms with Gasteiger partial charge in [0.05, 0.1) is 5.60 Å². The summed E-state index contributed by atoms with van der Waals surface area (Å²) in [5.41, 5.74) is 6.89. The number of hydrogen-bond acceptors (Lipinski definition) is 3. The first-order chi connectivity index (χ1) is 8.35. The minimum Gasteiger partial charge on any atom is -0.487 e.